The van der Waals surface area contributed by atoms with Crippen molar-refractivity contribution in [3.05, 3.63) is 42.4 Å². The van der Waals surface area contributed by atoms with Gasteiger partial charge in [-0.25, -0.2) is 9.50 Å². The Morgan fingerprint density at radius 1 is 1.15 bits per heavy atom. The fourth-order valence-electron chi connectivity index (χ4n) is 6.00. The van der Waals surface area contributed by atoms with E-state index < -0.39 is 0 Å². The van der Waals surface area contributed by atoms with Gasteiger partial charge in [-0.1, -0.05) is 6.92 Å². The normalized spacial score (nSPS) is 17.7. The van der Waals surface area contributed by atoms with Crippen molar-refractivity contribution in [2.24, 2.45) is 5.41 Å². The van der Waals surface area contributed by atoms with Gasteiger partial charge in [0.2, 0.25) is 0 Å². The molecular formula is C30H38N6O3. The van der Waals surface area contributed by atoms with E-state index in [2.05, 4.69) is 40.0 Å². The highest BCUT2D eigenvalue weighted by atomic mass is 16.5. The van der Waals surface area contributed by atoms with Gasteiger partial charge in [0.05, 0.1) is 43.3 Å². The summed E-state index contributed by atoms with van der Waals surface area (Å²) >= 11 is 0. The summed E-state index contributed by atoms with van der Waals surface area (Å²) in [6, 6.07) is 8.31. The Bertz CT molecular complexity index is 1310. The number of carbonyl (C=O) groups excluding carboxylic acids is 1. The molecule has 9 nitrogen and oxygen atoms in total. The average Bonchev–Trinajstić information content (AvgIpc) is 3.37. The van der Waals surface area contributed by atoms with E-state index in [0.29, 0.717) is 36.5 Å². The molecule has 0 unspecified atom stereocenters. The van der Waals surface area contributed by atoms with Crippen LogP contribution in [0.5, 0.6) is 5.75 Å². The van der Waals surface area contributed by atoms with Crippen LogP contribution in [0.15, 0.2) is 36.8 Å². The van der Waals surface area contributed by atoms with E-state index in [1.807, 2.05) is 19.2 Å². The van der Waals surface area contributed by atoms with Gasteiger partial charge in [0, 0.05) is 62.9 Å². The van der Waals surface area contributed by atoms with Crippen LogP contribution in [-0.2, 0) is 9.53 Å². The molecule has 39 heavy (non-hydrogen) atoms. The summed E-state index contributed by atoms with van der Waals surface area (Å²) in [5, 5.41) is 14.0. The highest BCUT2D eigenvalue weighted by Gasteiger charge is 2.38. The molecule has 9 heteroatoms. The van der Waals surface area contributed by atoms with Gasteiger partial charge in [-0.3, -0.25) is 9.69 Å². The summed E-state index contributed by atoms with van der Waals surface area (Å²) in [4.78, 5) is 22.4. The molecule has 0 aromatic carbocycles. The molecule has 0 aliphatic carbocycles. The second-order valence-electron chi connectivity index (χ2n) is 10.7. The van der Waals surface area contributed by atoms with Gasteiger partial charge in [-0.15, -0.1) is 0 Å². The summed E-state index contributed by atoms with van der Waals surface area (Å²) in [5.74, 6) is 2.02. The fraction of sp³-hybridized carbons (Fsp3) is 0.533. The maximum Gasteiger partial charge on any atom is 0.138 e. The maximum absolute atomic E-state index is 12.8. The first kappa shape index (κ1) is 27.1. The first-order valence-corrected chi connectivity index (χ1v) is 14.1. The molecule has 2 aliphatic heterocycles. The van der Waals surface area contributed by atoms with Crippen LogP contribution < -0.4 is 9.64 Å². The third-order valence-electron chi connectivity index (χ3n) is 7.99. The SMILES string of the molecule is CCCC(=O)CC1(CN2CCOCC2)CCN(c2ccc(-c3cc(OCC)cn4ncc(C#N)c34)cn2)CC1. The zero-order valence-electron chi connectivity index (χ0n) is 23.1. The van der Waals surface area contributed by atoms with Crippen molar-refractivity contribution in [2.75, 3.05) is 57.4 Å². The average molecular weight is 531 g/mol. The molecule has 0 radical (unpaired) electrons. The Hall–Kier alpha value is -3.48. The number of pyridine rings is 2. The van der Waals surface area contributed by atoms with Crippen LogP contribution >= 0.6 is 0 Å². The quantitative estimate of drug-likeness (QED) is 0.382. The van der Waals surface area contributed by atoms with Crippen LogP contribution in [0.3, 0.4) is 0 Å². The molecule has 2 fully saturated rings. The van der Waals surface area contributed by atoms with Gasteiger partial charge in [0.1, 0.15) is 23.4 Å². The highest BCUT2D eigenvalue weighted by molar-refractivity contribution is 5.85. The molecule has 0 amide bonds. The molecule has 5 rings (SSSR count). The largest absolute Gasteiger partial charge is 0.492 e. The number of hydrogen-bond donors (Lipinski definition) is 0. The van der Waals surface area contributed by atoms with Gasteiger partial charge in [-0.05, 0) is 49.8 Å². The van der Waals surface area contributed by atoms with Crippen molar-refractivity contribution in [1.82, 2.24) is 19.5 Å². The summed E-state index contributed by atoms with van der Waals surface area (Å²) in [6.07, 6.45) is 9.44. The standard InChI is InChI=1S/C30H38N6O3/c1-3-5-25(37)17-30(22-34-12-14-38-15-13-34)8-10-35(11-9-30)28-7-6-23(19-32-28)27-16-26(39-4-2)21-36-29(27)24(18-31)20-33-36/h6-7,16,19-21H,3-5,8-15,17,22H2,1-2H3. The number of ketones is 1. The number of hydrogen-bond acceptors (Lipinski definition) is 8. The number of ether oxygens (including phenoxy) is 2. The monoisotopic (exact) mass is 530 g/mol. The van der Waals surface area contributed by atoms with E-state index in [0.717, 1.165) is 87.7 Å². The number of Topliss-reactive ketones (excluding diaryl/α,β-unsaturated/α-hetero) is 1. The van der Waals surface area contributed by atoms with Crippen molar-refractivity contribution in [3.8, 4) is 22.9 Å². The lowest BCUT2D eigenvalue weighted by Gasteiger charge is -2.45. The summed E-state index contributed by atoms with van der Waals surface area (Å²) < 4.78 is 13.0. The Kier molecular flexibility index (Phi) is 8.44. The minimum Gasteiger partial charge on any atom is -0.492 e. The van der Waals surface area contributed by atoms with Gasteiger partial charge in [0.25, 0.3) is 0 Å². The number of carbonyl (C=O) groups is 1. The molecule has 206 valence electrons. The molecule has 2 saturated heterocycles. The predicted molar refractivity (Wildman–Crippen MR) is 150 cm³/mol. The molecule has 0 saturated carbocycles. The van der Waals surface area contributed by atoms with Crippen LogP contribution in [0.1, 0.15) is 51.5 Å². The zero-order valence-corrected chi connectivity index (χ0v) is 23.1. The molecule has 2 aliphatic rings. The molecule has 0 bridgehead atoms. The lowest BCUT2D eigenvalue weighted by atomic mass is 9.73. The van der Waals surface area contributed by atoms with Crippen LogP contribution in [0, 0.1) is 16.7 Å². The zero-order chi connectivity index (χ0) is 27.2. The summed E-state index contributed by atoms with van der Waals surface area (Å²) in [7, 11) is 0. The number of morpholine rings is 1. The Morgan fingerprint density at radius 2 is 1.95 bits per heavy atom. The highest BCUT2D eigenvalue weighted by Crippen LogP contribution is 2.39. The van der Waals surface area contributed by atoms with Gasteiger partial charge >= 0.3 is 0 Å². The molecule has 0 atom stereocenters. The molecule has 3 aromatic heterocycles. The number of nitriles is 1. The van der Waals surface area contributed by atoms with Gasteiger partial charge in [0.15, 0.2) is 0 Å². The van der Waals surface area contributed by atoms with Crippen molar-refractivity contribution in [3.63, 3.8) is 0 Å². The summed E-state index contributed by atoms with van der Waals surface area (Å²) in [6.45, 7) is 10.7. The van der Waals surface area contributed by atoms with E-state index in [1.165, 1.54) is 0 Å². The smallest absolute Gasteiger partial charge is 0.138 e. The third-order valence-corrected chi connectivity index (χ3v) is 7.99. The Labute approximate surface area is 230 Å². The Balaban J connectivity index is 1.33. The van der Waals surface area contributed by atoms with Crippen LogP contribution in [0.25, 0.3) is 16.6 Å². The van der Waals surface area contributed by atoms with E-state index >= 15 is 0 Å². The summed E-state index contributed by atoms with van der Waals surface area (Å²) in [5.41, 5.74) is 3.06. The topological polar surface area (TPSA) is 96.0 Å². The minimum atomic E-state index is 0.0149. The predicted octanol–water partition coefficient (Wildman–Crippen LogP) is 4.34. The van der Waals surface area contributed by atoms with E-state index in [4.69, 9.17) is 14.5 Å². The molecule has 0 spiro atoms. The number of aromatic nitrogens is 3. The van der Waals surface area contributed by atoms with Crippen molar-refractivity contribution < 1.29 is 14.3 Å². The van der Waals surface area contributed by atoms with Crippen LogP contribution in [0.2, 0.25) is 0 Å². The first-order chi connectivity index (χ1) is 19.0. The molecule has 0 N–H and O–H groups in total. The van der Waals surface area contributed by atoms with Crippen molar-refractivity contribution in [1.29, 1.82) is 5.26 Å². The number of anilines is 1. The Morgan fingerprint density at radius 3 is 2.62 bits per heavy atom. The van der Waals surface area contributed by atoms with Crippen LogP contribution in [-0.4, -0.2) is 77.8 Å². The molecule has 3 aromatic rings. The second-order valence-corrected chi connectivity index (χ2v) is 10.7. The lowest BCUT2D eigenvalue weighted by Crippen LogP contribution is -2.50. The number of fused-ring (bicyclic) bond motifs is 1. The first-order valence-electron chi connectivity index (χ1n) is 14.1. The van der Waals surface area contributed by atoms with Crippen LogP contribution in [0.4, 0.5) is 5.82 Å². The maximum atomic E-state index is 12.8. The van der Waals surface area contributed by atoms with E-state index in [-0.39, 0.29) is 5.41 Å². The number of nitrogens with zero attached hydrogens (tertiary/aromatic N) is 6. The molecular weight excluding hydrogens is 492 g/mol. The van der Waals surface area contributed by atoms with E-state index in [9.17, 15) is 10.1 Å². The van der Waals surface area contributed by atoms with Crippen molar-refractivity contribution in [2.45, 2.75) is 46.0 Å². The number of rotatable bonds is 10. The van der Waals surface area contributed by atoms with Gasteiger partial charge < -0.3 is 14.4 Å². The lowest BCUT2D eigenvalue weighted by molar-refractivity contribution is -0.122. The molecule has 5 heterocycles. The number of piperidine rings is 1. The fourth-order valence-corrected chi connectivity index (χ4v) is 6.00. The third kappa shape index (κ3) is 6.07. The van der Waals surface area contributed by atoms with E-state index in [1.54, 1.807) is 16.9 Å². The van der Waals surface area contributed by atoms with Crippen molar-refractivity contribution >= 4 is 17.1 Å². The second kappa shape index (κ2) is 12.1. The minimum absolute atomic E-state index is 0.0149. The van der Waals surface area contributed by atoms with Gasteiger partial charge in [-0.2, -0.15) is 10.4 Å².